The first-order valence-corrected chi connectivity index (χ1v) is 13.4. The van der Waals surface area contributed by atoms with E-state index in [4.69, 9.17) is 5.73 Å². The molecule has 0 spiro atoms. The lowest BCUT2D eigenvalue weighted by molar-refractivity contribution is -0.384. The van der Waals surface area contributed by atoms with Crippen molar-refractivity contribution in [3.63, 3.8) is 0 Å². The number of azo groups is 2. The highest BCUT2D eigenvalue weighted by Crippen LogP contribution is 2.48. The summed E-state index contributed by atoms with van der Waals surface area (Å²) in [5, 5.41) is 35.9. The van der Waals surface area contributed by atoms with Crippen LogP contribution >= 0.6 is 0 Å². The number of nitrogens with zero attached hydrogens (tertiary/aromatic N) is 5. The quantitative estimate of drug-likeness (QED) is 0.0725. The zero-order valence-electron chi connectivity index (χ0n) is 19.3. The predicted molar refractivity (Wildman–Crippen MR) is 138 cm³/mol. The number of benzene rings is 4. The Morgan fingerprint density at radius 3 is 1.90 bits per heavy atom. The summed E-state index contributed by atoms with van der Waals surface area (Å²) < 4.78 is 68.3. The zero-order chi connectivity index (χ0) is 28.5. The lowest BCUT2D eigenvalue weighted by Gasteiger charge is -2.14. The lowest BCUT2D eigenvalue weighted by Crippen LogP contribution is -2.05. The summed E-state index contributed by atoms with van der Waals surface area (Å²) in [6.07, 6.45) is 0. The van der Waals surface area contributed by atoms with Gasteiger partial charge in [-0.15, -0.1) is 10.2 Å². The summed E-state index contributed by atoms with van der Waals surface area (Å²) >= 11 is 0. The number of rotatable bonds is 7. The van der Waals surface area contributed by atoms with Gasteiger partial charge in [0.15, 0.2) is 5.75 Å². The van der Waals surface area contributed by atoms with E-state index in [0.29, 0.717) is 11.8 Å². The largest absolute Gasteiger partial charge is 0.505 e. The first kappa shape index (κ1) is 27.2. The fourth-order valence-corrected chi connectivity index (χ4v) is 4.82. The summed E-state index contributed by atoms with van der Waals surface area (Å²) in [5.74, 6) is -0.747. The molecule has 0 amide bonds. The lowest BCUT2D eigenvalue weighted by atomic mass is 10.0. The van der Waals surface area contributed by atoms with Gasteiger partial charge in [-0.05, 0) is 36.4 Å². The molecule has 0 radical (unpaired) electrons. The number of nitrogen functional groups attached to an aromatic ring is 1. The van der Waals surface area contributed by atoms with Gasteiger partial charge in [0, 0.05) is 17.5 Å². The van der Waals surface area contributed by atoms with E-state index in [2.05, 4.69) is 20.5 Å². The third-order valence-corrected chi connectivity index (χ3v) is 6.99. The standard InChI is InChI=1S/C22H16N6O9S2/c23-20-19-15(17(38(32,33)34)11-16(22(19)29)26-24-12-4-2-1-3-5-12)10-18(39(35,36)37)21(20)27-25-13-6-8-14(9-7-13)28(30)31/h1-11,29H,23H2,(H,32,33,34)(H,35,36,37). The smallest absolute Gasteiger partial charge is 0.296 e. The Bertz CT molecular complexity index is 1890. The molecule has 0 heterocycles. The van der Waals surface area contributed by atoms with Gasteiger partial charge in [0.05, 0.1) is 27.4 Å². The second-order valence-corrected chi connectivity index (χ2v) is 10.5. The van der Waals surface area contributed by atoms with Crippen molar-refractivity contribution < 1.29 is 36.0 Å². The molecular weight excluding hydrogens is 556 g/mol. The van der Waals surface area contributed by atoms with E-state index < -0.39 is 68.5 Å². The average Bonchev–Trinajstić information content (AvgIpc) is 2.87. The summed E-state index contributed by atoms with van der Waals surface area (Å²) in [4.78, 5) is 8.30. The topological polar surface area (TPSA) is 248 Å². The van der Waals surface area contributed by atoms with Crippen LogP contribution in [-0.2, 0) is 20.2 Å². The number of aromatic hydroxyl groups is 1. The molecule has 0 aromatic heterocycles. The van der Waals surface area contributed by atoms with Gasteiger partial charge in [0.2, 0.25) is 0 Å². The molecule has 0 atom stereocenters. The number of hydrogen-bond acceptors (Lipinski definition) is 12. The van der Waals surface area contributed by atoms with Gasteiger partial charge >= 0.3 is 0 Å². The van der Waals surface area contributed by atoms with Crippen LogP contribution in [0, 0.1) is 10.1 Å². The fraction of sp³-hybridized carbons (Fsp3) is 0. The molecule has 4 aromatic rings. The Labute approximate surface area is 219 Å². The first-order valence-electron chi connectivity index (χ1n) is 10.5. The van der Waals surface area contributed by atoms with Crippen LogP contribution in [0.3, 0.4) is 0 Å². The minimum atomic E-state index is -5.12. The number of fused-ring (bicyclic) bond motifs is 1. The van der Waals surface area contributed by atoms with Crippen LogP contribution in [0.25, 0.3) is 10.8 Å². The van der Waals surface area contributed by atoms with Crippen molar-refractivity contribution in [1.29, 1.82) is 0 Å². The van der Waals surface area contributed by atoms with Crippen LogP contribution in [0.2, 0.25) is 0 Å². The third kappa shape index (κ3) is 5.70. The van der Waals surface area contributed by atoms with Crippen molar-refractivity contribution in [1.82, 2.24) is 0 Å². The normalized spacial score (nSPS) is 12.5. The number of nitro benzene ring substituents is 1. The van der Waals surface area contributed by atoms with E-state index >= 15 is 0 Å². The third-order valence-electron chi connectivity index (χ3n) is 5.23. The molecule has 0 saturated heterocycles. The molecule has 0 fully saturated rings. The van der Waals surface area contributed by atoms with Gasteiger partial charge in [-0.1, -0.05) is 18.2 Å². The van der Waals surface area contributed by atoms with Crippen molar-refractivity contribution in [2.75, 3.05) is 5.73 Å². The maximum absolute atomic E-state index is 12.2. The SMILES string of the molecule is Nc1c(N=Nc2ccc([N+](=O)[O-])cc2)c(S(=O)(=O)O)cc2c(S(=O)(=O)O)cc(N=Nc3ccccc3)c(O)c12. The van der Waals surface area contributed by atoms with Crippen LogP contribution in [0.4, 0.5) is 34.1 Å². The van der Waals surface area contributed by atoms with E-state index in [1.165, 1.54) is 12.1 Å². The van der Waals surface area contributed by atoms with E-state index in [1.54, 1.807) is 30.3 Å². The monoisotopic (exact) mass is 572 g/mol. The number of phenolic OH excluding ortho intramolecular Hbond substituents is 1. The minimum Gasteiger partial charge on any atom is -0.505 e. The first-order chi connectivity index (χ1) is 18.3. The molecule has 17 heteroatoms. The van der Waals surface area contributed by atoms with E-state index in [9.17, 15) is 41.2 Å². The van der Waals surface area contributed by atoms with Crippen LogP contribution in [0.1, 0.15) is 0 Å². The molecule has 5 N–H and O–H groups in total. The number of anilines is 1. The molecule has 0 saturated carbocycles. The van der Waals surface area contributed by atoms with E-state index in [0.717, 1.165) is 18.2 Å². The van der Waals surface area contributed by atoms with Crippen molar-refractivity contribution >= 4 is 65.1 Å². The molecule has 39 heavy (non-hydrogen) atoms. The van der Waals surface area contributed by atoms with Crippen molar-refractivity contribution in [3.8, 4) is 5.75 Å². The molecule has 0 unspecified atom stereocenters. The summed E-state index contributed by atoms with van der Waals surface area (Å²) in [5.41, 5.74) is 4.41. The van der Waals surface area contributed by atoms with Crippen molar-refractivity contribution in [2.24, 2.45) is 20.5 Å². The Kier molecular flexibility index (Phi) is 7.07. The molecule has 4 rings (SSSR count). The van der Waals surface area contributed by atoms with Gasteiger partial charge in [-0.25, -0.2) is 0 Å². The van der Waals surface area contributed by atoms with Gasteiger partial charge in [0.1, 0.15) is 21.2 Å². The van der Waals surface area contributed by atoms with Gasteiger partial charge in [-0.3, -0.25) is 19.2 Å². The molecule has 15 nitrogen and oxygen atoms in total. The van der Waals surface area contributed by atoms with Crippen molar-refractivity contribution in [2.45, 2.75) is 9.79 Å². The van der Waals surface area contributed by atoms with Gasteiger partial charge in [0.25, 0.3) is 25.9 Å². The van der Waals surface area contributed by atoms with Gasteiger partial charge < -0.3 is 10.8 Å². The Morgan fingerprint density at radius 1 is 0.769 bits per heavy atom. The molecule has 0 aliphatic rings. The predicted octanol–water partition coefficient (Wildman–Crippen LogP) is 5.36. The maximum Gasteiger partial charge on any atom is 0.296 e. The minimum absolute atomic E-state index is 0.0228. The molecule has 0 aliphatic carbocycles. The summed E-state index contributed by atoms with van der Waals surface area (Å²) in [6, 6.07) is 14.1. The highest BCUT2D eigenvalue weighted by molar-refractivity contribution is 7.86. The number of non-ortho nitro benzene ring substituents is 1. The molecular formula is C22H16N6O9S2. The summed E-state index contributed by atoms with van der Waals surface area (Å²) in [6.45, 7) is 0. The highest BCUT2D eigenvalue weighted by Gasteiger charge is 2.28. The van der Waals surface area contributed by atoms with Gasteiger partial charge in [-0.2, -0.15) is 27.1 Å². The van der Waals surface area contributed by atoms with E-state index in [-0.39, 0.29) is 11.4 Å². The molecule has 0 aliphatic heterocycles. The average molecular weight is 573 g/mol. The molecule has 200 valence electrons. The second kappa shape index (κ2) is 10.1. The maximum atomic E-state index is 12.2. The van der Waals surface area contributed by atoms with Crippen LogP contribution < -0.4 is 5.73 Å². The molecule has 0 bridgehead atoms. The number of nitro groups is 1. The highest BCUT2D eigenvalue weighted by atomic mass is 32.2. The number of nitrogens with two attached hydrogens (primary N) is 1. The molecule has 4 aromatic carbocycles. The zero-order valence-corrected chi connectivity index (χ0v) is 20.9. The summed E-state index contributed by atoms with van der Waals surface area (Å²) in [7, 11) is -10.2. The van der Waals surface area contributed by atoms with E-state index in [1.807, 2.05) is 0 Å². The Balaban J connectivity index is 2.00. The number of hydrogen-bond donors (Lipinski definition) is 4. The second-order valence-electron chi connectivity index (χ2n) is 7.76. The number of phenols is 1. The van der Waals surface area contributed by atoms with Crippen LogP contribution in [0.5, 0.6) is 5.75 Å². The van der Waals surface area contributed by atoms with Crippen LogP contribution in [-0.4, -0.2) is 36.0 Å². The van der Waals surface area contributed by atoms with Crippen LogP contribution in [0.15, 0.2) is 97.0 Å². The Hall–Kier alpha value is -4.84. The van der Waals surface area contributed by atoms with Crippen molar-refractivity contribution in [3.05, 3.63) is 76.8 Å². The fourth-order valence-electron chi connectivity index (χ4n) is 3.46. The Morgan fingerprint density at radius 2 is 1.33 bits per heavy atom.